The van der Waals surface area contributed by atoms with Crippen LogP contribution >= 0.6 is 0 Å². The van der Waals surface area contributed by atoms with Gasteiger partial charge in [0, 0.05) is 24.9 Å². The largest absolute Gasteiger partial charge is 0.330 e. The molecule has 0 radical (unpaired) electrons. The van der Waals surface area contributed by atoms with Crippen molar-refractivity contribution in [1.82, 2.24) is 14.8 Å². The quantitative estimate of drug-likeness (QED) is 0.692. The Labute approximate surface area is 159 Å². The van der Waals surface area contributed by atoms with Gasteiger partial charge < -0.3 is 15.6 Å². The van der Waals surface area contributed by atoms with Crippen LogP contribution in [-0.4, -0.2) is 27.2 Å². The summed E-state index contributed by atoms with van der Waals surface area (Å²) in [5.41, 5.74) is 6.44. The van der Waals surface area contributed by atoms with Gasteiger partial charge in [-0.3, -0.25) is 4.79 Å². The molecule has 2 heterocycles. The van der Waals surface area contributed by atoms with E-state index < -0.39 is 5.82 Å². The summed E-state index contributed by atoms with van der Waals surface area (Å²) in [6.07, 6.45) is 8.42. The third kappa shape index (κ3) is 5.13. The van der Waals surface area contributed by atoms with Crippen molar-refractivity contribution >= 4 is 11.6 Å². The van der Waals surface area contributed by atoms with Crippen LogP contribution in [0.5, 0.6) is 0 Å². The number of benzene rings is 1. The Bertz CT molecular complexity index is 774. The molecule has 0 fully saturated rings. The highest BCUT2D eigenvalue weighted by molar-refractivity contribution is 5.91. The molecule has 0 saturated carbocycles. The zero-order chi connectivity index (χ0) is 19.1. The highest BCUT2D eigenvalue weighted by Gasteiger charge is 2.17. The summed E-state index contributed by atoms with van der Waals surface area (Å²) in [6, 6.07) is 4.73. The number of halogens is 1. The molecule has 27 heavy (non-hydrogen) atoms. The average Bonchev–Trinajstić information content (AvgIpc) is 2.91. The van der Waals surface area contributed by atoms with Crippen molar-refractivity contribution in [2.75, 3.05) is 11.9 Å². The fraction of sp³-hybridized carbons (Fsp3) is 0.550. The van der Waals surface area contributed by atoms with Gasteiger partial charge in [-0.25, -0.2) is 4.39 Å². The normalized spacial score (nSPS) is 13.9. The Morgan fingerprint density at radius 2 is 2.00 bits per heavy atom. The molecule has 0 spiro atoms. The van der Waals surface area contributed by atoms with Crippen molar-refractivity contribution in [3.8, 4) is 11.4 Å². The maximum absolute atomic E-state index is 14.2. The summed E-state index contributed by atoms with van der Waals surface area (Å²) in [6.45, 7) is 1.55. The van der Waals surface area contributed by atoms with Gasteiger partial charge in [0.2, 0.25) is 5.91 Å². The number of hydrogen-bond donors (Lipinski definition) is 2. The monoisotopic (exact) mass is 373 g/mol. The van der Waals surface area contributed by atoms with Gasteiger partial charge in [-0.05, 0) is 50.4 Å². The Morgan fingerprint density at radius 3 is 2.85 bits per heavy atom. The summed E-state index contributed by atoms with van der Waals surface area (Å²) < 4.78 is 16.3. The van der Waals surface area contributed by atoms with Crippen molar-refractivity contribution in [2.45, 2.75) is 64.3 Å². The predicted octanol–water partition coefficient (Wildman–Crippen LogP) is 3.66. The van der Waals surface area contributed by atoms with Gasteiger partial charge in [0.05, 0.1) is 5.69 Å². The van der Waals surface area contributed by atoms with Crippen LogP contribution in [0, 0.1) is 5.82 Å². The van der Waals surface area contributed by atoms with Crippen LogP contribution in [0.15, 0.2) is 18.2 Å². The van der Waals surface area contributed by atoms with Crippen LogP contribution in [0.3, 0.4) is 0 Å². The standard InChI is InChI=1S/C20H28FN5O/c21-16-11-10-15(20-25-24-18-8-4-3-7-13-26(18)20)14-17(16)23-19(27)9-5-1-2-6-12-22/h10-11,14H,1-9,12-13,22H2,(H,23,27). The molecule has 2 aromatic rings. The Balaban J connectivity index is 1.68. The number of aromatic nitrogens is 3. The number of carbonyl (C=O) groups is 1. The first-order chi connectivity index (χ1) is 13.2. The average molecular weight is 373 g/mol. The van der Waals surface area contributed by atoms with E-state index >= 15 is 0 Å². The summed E-state index contributed by atoms with van der Waals surface area (Å²) in [5.74, 6) is 1.11. The summed E-state index contributed by atoms with van der Waals surface area (Å²) in [5, 5.41) is 11.3. The lowest BCUT2D eigenvalue weighted by molar-refractivity contribution is -0.116. The van der Waals surface area contributed by atoms with Crippen molar-refractivity contribution in [3.05, 3.63) is 29.8 Å². The highest BCUT2D eigenvalue weighted by atomic mass is 19.1. The van der Waals surface area contributed by atoms with E-state index in [1.165, 1.54) is 12.5 Å². The van der Waals surface area contributed by atoms with E-state index in [-0.39, 0.29) is 11.6 Å². The van der Waals surface area contributed by atoms with E-state index in [9.17, 15) is 9.18 Å². The first kappa shape index (κ1) is 19.5. The maximum atomic E-state index is 14.2. The molecular formula is C20H28FN5O. The van der Waals surface area contributed by atoms with Gasteiger partial charge in [0.15, 0.2) is 5.82 Å². The molecule has 1 aliphatic rings. The SMILES string of the molecule is NCCCCCCC(=O)Nc1cc(-c2nnc3n2CCCCC3)ccc1F. The van der Waals surface area contributed by atoms with Crippen molar-refractivity contribution < 1.29 is 9.18 Å². The van der Waals surface area contributed by atoms with E-state index in [0.29, 0.717) is 13.0 Å². The molecule has 1 amide bonds. The number of anilines is 1. The van der Waals surface area contributed by atoms with Crippen molar-refractivity contribution in [1.29, 1.82) is 0 Å². The van der Waals surface area contributed by atoms with Gasteiger partial charge in [-0.2, -0.15) is 0 Å². The van der Waals surface area contributed by atoms with Crippen molar-refractivity contribution in [2.24, 2.45) is 5.73 Å². The minimum atomic E-state index is -0.439. The van der Waals surface area contributed by atoms with Crippen LogP contribution < -0.4 is 11.1 Å². The van der Waals surface area contributed by atoms with Gasteiger partial charge in [0.1, 0.15) is 11.6 Å². The van der Waals surface area contributed by atoms with Crippen molar-refractivity contribution in [3.63, 3.8) is 0 Å². The second-order valence-corrected chi connectivity index (χ2v) is 7.10. The molecule has 0 aliphatic carbocycles. The van der Waals surface area contributed by atoms with Gasteiger partial charge in [0.25, 0.3) is 0 Å². The lowest BCUT2D eigenvalue weighted by Gasteiger charge is -2.10. The smallest absolute Gasteiger partial charge is 0.224 e. The molecule has 3 rings (SSSR count). The minimum absolute atomic E-state index is 0.168. The number of carbonyl (C=O) groups excluding carboxylic acids is 1. The zero-order valence-corrected chi connectivity index (χ0v) is 15.7. The molecule has 3 N–H and O–H groups in total. The van der Waals surface area contributed by atoms with E-state index in [1.54, 1.807) is 12.1 Å². The zero-order valence-electron chi connectivity index (χ0n) is 15.7. The second-order valence-electron chi connectivity index (χ2n) is 7.10. The number of fused-ring (bicyclic) bond motifs is 1. The van der Waals surface area contributed by atoms with E-state index in [0.717, 1.165) is 68.7 Å². The number of amides is 1. The van der Waals surface area contributed by atoms with Crippen LogP contribution in [0.25, 0.3) is 11.4 Å². The first-order valence-corrected chi connectivity index (χ1v) is 9.91. The molecule has 7 heteroatoms. The second kappa shape index (κ2) is 9.60. The molecule has 1 aromatic heterocycles. The van der Waals surface area contributed by atoms with Gasteiger partial charge >= 0.3 is 0 Å². The third-order valence-corrected chi connectivity index (χ3v) is 4.97. The van der Waals surface area contributed by atoms with Crippen LogP contribution in [-0.2, 0) is 17.8 Å². The molecule has 0 saturated heterocycles. The predicted molar refractivity (Wildman–Crippen MR) is 104 cm³/mol. The summed E-state index contributed by atoms with van der Waals surface area (Å²) in [7, 11) is 0. The van der Waals surface area contributed by atoms with E-state index in [1.807, 2.05) is 0 Å². The first-order valence-electron chi connectivity index (χ1n) is 9.91. The van der Waals surface area contributed by atoms with Gasteiger partial charge in [-0.15, -0.1) is 10.2 Å². The molecule has 146 valence electrons. The fourth-order valence-corrected chi connectivity index (χ4v) is 3.45. The van der Waals surface area contributed by atoms with E-state index in [2.05, 4.69) is 20.1 Å². The number of nitrogens with one attached hydrogen (secondary N) is 1. The number of nitrogens with two attached hydrogens (primary N) is 1. The summed E-state index contributed by atoms with van der Waals surface area (Å²) in [4.78, 5) is 12.1. The molecular weight excluding hydrogens is 345 g/mol. The number of nitrogens with zero attached hydrogens (tertiary/aromatic N) is 3. The number of unbranched alkanes of at least 4 members (excludes halogenated alkanes) is 3. The Hall–Kier alpha value is -2.28. The maximum Gasteiger partial charge on any atom is 0.224 e. The molecule has 6 nitrogen and oxygen atoms in total. The number of hydrogen-bond acceptors (Lipinski definition) is 4. The van der Waals surface area contributed by atoms with Crippen LogP contribution in [0.2, 0.25) is 0 Å². The molecule has 0 atom stereocenters. The third-order valence-electron chi connectivity index (χ3n) is 4.97. The Kier molecular flexibility index (Phi) is 6.92. The topological polar surface area (TPSA) is 85.8 Å². The summed E-state index contributed by atoms with van der Waals surface area (Å²) >= 11 is 0. The fourth-order valence-electron chi connectivity index (χ4n) is 3.45. The number of aryl methyl sites for hydroxylation is 1. The minimum Gasteiger partial charge on any atom is -0.330 e. The van der Waals surface area contributed by atoms with Gasteiger partial charge in [-0.1, -0.05) is 19.3 Å². The lowest BCUT2D eigenvalue weighted by atomic mass is 10.1. The molecule has 1 aromatic carbocycles. The highest BCUT2D eigenvalue weighted by Crippen LogP contribution is 2.26. The van der Waals surface area contributed by atoms with Crippen LogP contribution in [0.4, 0.5) is 10.1 Å². The van der Waals surface area contributed by atoms with Crippen LogP contribution in [0.1, 0.15) is 57.2 Å². The number of rotatable bonds is 8. The molecule has 0 unspecified atom stereocenters. The molecule has 1 aliphatic heterocycles. The van der Waals surface area contributed by atoms with E-state index in [4.69, 9.17) is 5.73 Å². The lowest BCUT2D eigenvalue weighted by Crippen LogP contribution is -2.12. The Morgan fingerprint density at radius 1 is 1.15 bits per heavy atom. The molecule has 0 bridgehead atoms.